The van der Waals surface area contributed by atoms with Crippen LogP contribution in [0.4, 0.5) is 0 Å². The van der Waals surface area contributed by atoms with Crippen LogP contribution < -0.4 is 0 Å². The van der Waals surface area contributed by atoms with E-state index in [1.165, 1.54) is 0 Å². The van der Waals surface area contributed by atoms with E-state index in [-0.39, 0.29) is 0 Å². The third-order valence-electron chi connectivity index (χ3n) is 3.32. The molecule has 1 aliphatic carbocycles. The van der Waals surface area contributed by atoms with E-state index in [9.17, 15) is 4.79 Å². The van der Waals surface area contributed by atoms with Crippen molar-refractivity contribution < 1.29 is 9.90 Å². The number of carboxylic acids is 1. The summed E-state index contributed by atoms with van der Waals surface area (Å²) in [7, 11) is 2.05. The Kier molecular flexibility index (Phi) is 2.44. The summed E-state index contributed by atoms with van der Waals surface area (Å²) in [6, 6.07) is 0.873. The molecule has 3 unspecified atom stereocenters. The van der Waals surface area contributed by atoms with Crippen molar-refractivity contribution in [3.63, 3.8) is 0 Å². The lowest BCUT2D eigenvalue weighted by Crippen LogP contribution is -2.38. The summed E-state index contributed by atoms with van der Waals surface area (Å²) in [6.45, 7) is 0. The highest BCUT2D eigenvalue weighted by atomic mass is 16.4. The number of fused-ring (bicyclic) bond motifs is 1. The second kappa shape index (κ2) is 3.59. The summed E-state index contributed by atoms with van der Waals surface area (Å²) in [5.74, 6) is -0.346. The number of rotatable bonds is 2. The number of hydrogen-bond donors (Lipinski definition) is 1. The van der Waals surface area contributed by atoms with Gasteiger partial charge in [-0.1, -0.05) is 0 Å². The van der Waals surface area contributed by atoms with Crippen LogP contribution in [0.25, 0.3) is 0 Å². The van der Waals surface area contributed by atoms with Crippen LogP contribution in [0, 0.1) is 5.92 Å². The zero-order chi connectivity index (χ0) is 10.1. The van der Waals surface area contributed by atoms with Gasteiger partial charge in [-0.05, 0) is 25.2 Å². The summed E-state index contributed by atoms with van der Waals surface area (Å²) >= 11 is 0. The predicted octanol–water partition coefficient (Wildman–Crippen LogP) is 0.972. The summed E-state index contributed by atoms with van der Waals surface area (Å²) in [5, 5.41) is 8.71. The molecule has 78 valence electrons. The molecule has 0 saturated heterocycles. The summed E-state index contributed by atoms with van der Waals surface area (Å²) in [4.78, 5) is 17.1. The zero-order valence-corrected chi connectivity index (χ0v) is 8.39. The highest BCUT2D eigenvalue weighted by molar-refractivity contribution is 5.67. The Morgan fingerprint density at radius 1 is 1.64 bits per heavy atom. The van der Waals surface area contributed by atoms with Gasteiger partial charge in [-0.3, -0.25) is 9.79 Å². The molecule has 1 saturated carbocycles. The average molecular weight is 196 g/mol. The molecule has 1 heterocycles. The summed E-state index contributed by atoms with van der Waals surface area (Å²) < 4.78 is 0. The maximum absolute atomic E-state index is 10.6. The zero-order valence-electron chi connectivity index (χ0n) is 8.39. The van der Waals surface area contributed by atoms with Crippen LogP contribution in [0.3, 0.4) is 0 Å². The van der Waals surface area contributed by atoms with E-state index in [0.29, 0.717) is 24.4 Å². The van der Waals surface area contributed by atoms with Crippen LogP contribution in [0.2, 0.25) is 0 Å². The molecule has 4 heteroatoms. The van der Waals surface area contributed by atoms with Crippen molar-refractivity contribution in [2.24, 2.45) is 10.9 Å². The van der Waals surface area contributed by atoms with Gasteiger partial charge in [-0.25, -0.2) is 0 Å². The van der Waals surface area contributed by atoms with Crippen molar-refractivity contribution in [1.29, 1.82) is 0 Å². The number of carboxylic acid groups (broad SMARTS) is 1. The van der Waals surface area contributed by atoms with Crippen LogP contribution in [0.1, 0.15) is 25.7 Å². The Morgan fingerprint density at radius 2 is 2.43 bits per heavy atom. The van der Waals surface area contributed by atoms with E-state index < -0.39 is 5.97 Å². The van der Waals surface area contributed by atoms with Crippen LogP contribution in [0.15, 0.2) is 4.99 Å². The first-order valence-corrected chi connectivity index (χ1v) is 5.14. The lowest BCUT2D eigenvalue weighted by atomic mass is 9.81. The van der Waals surface area contributed by atoms with Crippen molar-refractivity contribution in [2.45, 2.75) is 37.8 Å². The van der Waals surface area contributed by atoms with Gasteiger partial charge in [0.1, 0.15) is 0 Å². The molecule has 1 N–H and O–H groups in total. The van der Waals surface area contributed by atoms with Crippen molar-refractivity contribution >= 4 is 12.3 Å². The van der Waals surface area contributed by atoms with Crippen LogP contribution in [0.5, 0.6) is 0 Å². The van der Waals surface area contributed by atoms with Gasteiger partial charge in [0.2, 0.25) is 0 Å². The molecule has 1 aliphatic heterocycles. The molecule has 2 aliphatic rings. The fraction of sp³-hybridized carbons (Fsp3) is 0.800. The molecule has 0 aromatic carbocycles. The van der Waals surface area contributed by atoms with Gasteiger partial charge in [0, 0.05) is 13.5 Å². The predicted molar refractivity (Wildman–Crippen MR) is 53.4 cm³/mol. The van der Waals surface area contributed by atoms with E-state index in [4.69, 9.17) is 5.11 Å². The second-order valence-electron chi connectivity index (χ2n) is 4.34. The Balaban J connectivity index is 1.92. The number of nitrogens with zero attached hydrogens (tertiary/aromatic N) is 2. The average Bonchev–Trinajstić information content (AvgIpc) is 2.46. The maximum Gasteiger partial charge on any atom is 0.303 e. The minimum Gasteiger partial charge on any atom is -0.481 e. The molecule has 3 atom stereocenters. The number of likely N-dealkylation sites (N-methyl/N-ethyl adjacent to an activating group) is 1. The molecule has 0 aromatic heterocycles. The SMILES string of the molecule is CN1C=NC2CC(CC(=O)O)CCC21. The minimum absolute atomic E-state index is 0.308. The topological polar surface area (TPSA) is 52.9 Å². The standard InChI is InChI=1S/C10H16N2O2/c1-12-6-11-8-4-7(5-10(13)14)2-3-9(8)12/h6-9H,2-5H2,1H3,(H,13,14). The van der Waals surface area contributed by atoms with Crippen LogP contribution >= 0.6 is 0 Å². The highest BCUT2D eigenvalue weighted by Crippen LogP contribution is 2.33. The third kappa shape index (κ3) is 1.74. The minimum atomic E-state index is -0.677. The molecule has 14 heavy (non-hydrogen) atoms. The number of aliphatic imine (C=N–C) groups is 1. The first-order chi connectivity index (χ1) is 6.66. The lowest BCUT2D eigenvalue weighted by molar-refractivity contribution is -0.138. The molecule has 0 amide bonds. The van der Waals surface area contributed by atoms with Crippen LogP contribution in [-0.4, -0.2) is 41.4 Å². The molecular formula is C10H16N2O2. The van der Waals surface area contributed by atoms with Gasteiger partial charge in [0.25, 0.3) is 0 Å². The molecule has 0 spiro atoms. The molecule has 0 aromatic rings. The summed E-state index contributed by atoms with van der Waals surface area (Å²) in [5.41, 5.74) is 0. The first-order valence-electron chi connectivity index (χ1n) is 5.14. The van der Waals surface area contributed by atoms with Gasteiger partial charge >= 0.3 is 5.97 Å². The summed E-state index contributed by atoms with van der Waals surface area (Å²) in [6.07, 6.45) is 5.25. The Morgan fingerprint density at radius 3 is 3.14 bits per heavy atom. The van der Waals surface area contributed by atoms with Gasteiger partial charge in [-0.2, -0.15) is 0 Å². The fourth-order valence-electron chi connectivity index (χ4n) is 2.56. The van der Waals surface area contributed by atoms with Gasteiger partial charge in [0.05, 0.1) is 18.4 Å². The largest absolute Gasteiger partial charge is 0.481 e. The first kappa shape index (κ1) is 9.49. The van der Waals surface area contributed by atoms with Crippen molar-refractivity contribution in [2.75, 3.05) is 7.05 Å². The molecule has 2 rings (SSSR count). The monoisotopic (exact) mass is 196 g/mol. The third-order valence-corrected chi connectivity index (χ3v) is 3.32. The van der Waals surface area contributed by atoms with Crippen molar-refractivity contribution in [3.05, 3.63) is 0 Å². The highest BCUT2D eigenvalue weighted by Gasteiger charge is 2.35. The number of hydrogen-bond acceptors (Lipinski definition) is 3. The lowest BCUT2D eigenvalue weighted by Gasteiger charge is -2.33. The smallest absolute Gasteiger partial charge is 0.303 e. The Hall–Kier alpha value is -1.06. The van der Waals surface area contributed by atoms with Crippen molar-refractivity contribution in [3.8, 4) is 0 Å². The molecule has 4 nitrogen and oxygen atoms in total. The molecule has 0 radical (unpaired) electrons. The van der Waals surface area contributed by atoms with E-state index in [1.54, 1.807) is 0 Å². The van der Waals surface area contributed by atoms with Gasteiger partial charge in [-0.15, -0.1) is 0 Å². The molecular weight excluding hydrogens is 180 g/mol. The normalized spacial score (nSPS) is 35.8. The quantitative estimate of drug-likeness (QED) is 0.716. The van der Waals surface area contributed by atoms with Gasteiger partial charge < -0.3 is 10.0 Å². The van der Waals surface area contributed by atoms with Crippen LogP contribution in [-0.2, 0) is 4.79 Å². The number of aliphatic carboxylic acids is 1. The Bertz CT molecular complexity index is 265. The van der Waals surface area contributed by atoms with E-state index >= 15 is 0 Å². The molecule has 1 fully saturated rings. The molecule has 0 bridgehead atoms. The second-order valence-corrected chi connectivity index (χ2v) is 4.34. The van der Waals surface area contributed by atoms with Crippen molar-refractivity contribution in [1.82, 2.24) is 4.90 Å². The van der Waals surface area contributed by atoms with E-state index in [0.717, 1.165) is 19.3 Å². The maximum atomic E-state index is 10.6. The van der Waals surface area contributed by atoms with E-state index in [1.807, 2.05) is 13.4 Å². The number of carbonyl (C=O) groups is 1. The van der Waals surface area contributed by atoms with E-state index in [2.05, 4.69) is 9.89 Å². The Labute approximate surface area is 83.6 Å². The fourth-order valence-corrected chi connectivity index (χ4v) is 2.56. The van der Waals surface area contributed by atoms with Gasteiger partial charge in [0.15, 0.2) is 0 Å².